The highest BCUT2D eigenvalue weighted by atomic mass is 35.5. The fraction of sp³-hybridized carbons (Fsp3) is 0.231. The highest BCUT2D eigenvalue weighted by Crippen LogP contribution is 2.29. The summed E-state index contributed by atoms with van der Waals surface area (Å²) in [5.74, 6) is -1.03. The van der Waals surface area contributed by atoms with Crippen molar-refractivity contribution in [3.63, 3.8) is 0 Å². The molecule has 0 aliphatic heterocycles. The van der Waals surface area contributed by atoms with Crippen LogP contribution >= 0.6 is 34.8 Å². The van der Waals surface area contributed by atoms with Gasteiger partial charge in [-0.1, -0.05) is 65.1 Å². The van der Waals surface area contributed by atoms with Crippen LogP contribution in [0, 0.1) is 6.92 Å². The Morgan fingerprint density at radius 3 is 2.22 bits per heavy atom. The lowest BCUT2D eigenvalue weighted by molar-refractivity contribution is -0.139. The first-order valence-corrected chi connectivity index (χ1v) is 13.8. The topological polar surface area (TPSA) is 86.8 Å². The van der Waals surface area contributed by atoms with Gasteiger partial charge < -0.3 is 10.2 Å². The van der Waals surface area contributed by atoms with Gasteiger partial charge in [0, 0.05) is 28.7 Å². The molecule has 37 heavy (non-hydrogen) atoms. The third-order valence-electron chi connectivity index (χ3n) is 5.82. The molecule has 3 aromatic rings. The maximum Gasteiger partial charge on any atom is 0.264 e. The summed E-state index contributed by atoms with van der Waals surface area (Å²) < 4.78 is 28.4. The summed E-state index contributed by atoms with van der Waals surface area (Å²) >= 11 is 18.7. The first kappa shape index (κ1) is 28.8. The largest absolute Gasteiger partial charge is 0.357 e. The van der Waals surface area contributed by atoms with Crippen molar-refractivity contribution in [1.82, 2.24) is 10.2 Å². The van der Waals surface area contributed by atoms with Gasteiger partial charge in [0.2, 0.25) is 11.8 Å². The summed E-state index contributed by atoms with van der Waals surface area (Å²) in [7, 11) is -2.71. The third-order valence-corrected chi connectivity index (χ3v) is 8.61. The molecule has 0 saturated heterocycles. The molecule has 196 valence electrons. The van der Waals surface area contributed by atoms with Gasteiger partial charge in [0.1, 0.15) is 12.6 Å². The fourth-order valence-corrected chi connectivity index (χ4v) is 5.68. The lowest BCUT2D eigenvalue weighted by atomic mass is 10.1. The standard InChI is InChI=1S/C26H26Cl3N3O4S/c1-17-9-12-21(14-23(17)28)32(37(35,36)22-7-5-4-6-8-22)16-25(33)31(18(2)26(34)30-3)15-19-10-11-20(27)13-24(19)29/h4-14,18H,15-16H2,1-3H3,(H,30,34). The zero-order chi connectivity index (χ0) is 27.3. The molecule has 0 aliphatic carbocycles. The van der Waals surface area contributed by atoms with Gasteiger partial charge in [0.15, 0.2) is 0 Å². The van der Waals surface area contributed by atoms with Crippen molar-refractivity contribution in [3.05, 3.63) is 92.9 Å². The molecule has 0 spiro atoms. The minimum atomic E-state index is -4.17. The second kappa shape index (κ2) is 12.2. The van der Waals surface area contributed by atoms with E-state index in [1.54, 1.807) is 56.3 Å². The number of rotatable bonds is 9. The monoisotopic (exact) mass is 581 g/mol. The zero-order valence-electron chi connectivity index (χ0n) is 20.4. The number of halogens is 3. The van der Waals surface area contributed by atoms with Crippen molar-refractivity contribution in [3.8, 4) is 0 Å². The fourth-order valence-electron chi connectivity index (χ4n) is 3.61. The molecule has 0 aromatic heterocycles. The van der Waals surface area contributed by atoms with Crippen molar-refractivity contribution < 1.29 is 18.0 Å². The second-order valence-electron chi connectivity index (χ2n) is 8.31. The van der Waals surface area contributed by atoms with Gasteiger partial charge in [-0.15, -0.1) is 0 Å². The van der Waals surface area contributed by atoms with E-state index >= 15 is 0 Å². The van der Waals surface area contributed by atoms with Gasteiger partial charge in [-0.05, 0) is 61.4 Å². The Morgan fingerprint density at radius 2 is 1.62 bits per heavy atom. The van der Waals surface area contributed by atoms with E-state index in [2.05, 4.69) is 5.32 Å². The van der Waals surface area contributed by atoms with Crippen molar-refractivity contribution in [2.45, 2.75) is 31.3 Å². The molecule has 1 unspecified atom stereocenters. The van der Waals surface area contributed by atoms with Gasteiger partial charge in [0.25, 0.3) is 10.0 Å². The average molecular weight is 583 g/mol. The molecule has 11 heteroatoms. The average Bonchev–Trinajstić information content (AvgIpc) is 2.88. The zero-order valence-corrected chi connectivity index (χ0v) is 23.5. The molecule has 1 atom stereocenters. The molecule has 0 bridgehead atoms. The van der Waals surface area contributed by atoms with Crippen LogP contribution in [0.4, 0.5) is 5.69 Å². The lowest BCUT2D eigenvalue weighted by Crippen LogP contribution is -2.50. The maximum atomic E-state index is 13.7. The van der Waals surface area contributed by atoms with Crippen LogP contribution in [0.15, 0.2) is 71.6 Å². The van der Waals surface area contributed by atoms with Gasteiger partial charge in [-0.3, -0.25) is 13.9 Å². The number of hydrogen-bond donors (Lipinski definition) is 1. The molecular weight excluding hydrogens is 557 g/mol. The molecule has 7 nitrogen and oxygen atoms in total. The van der Waals surface area contributed by atoms with E-state index in [0.29, 0.717) is 20.6 Å². The molecule has 3 rings (SSSR count). The molecule has 0 fully saturated rings. The highest BCUT2D eigenvalue weighted by molar-refractivity contribution is 7.92. The summed E-state index contributed by atoms with van der Waals surface area (Å²) in [6.45, 7) is 2.72. The van der Waals surface area contributed by atoms with Gasteiger partial charge in [-0.2, -0.15) is 0 Å². The summed E-state index contributed by atoms with van der Waals surface area (Å²) in [5.41, 5.74) is 1.51. The first-order valence-electron chi connectivity index (χ1n) is 11.2. The smallest absolute Gasteiger partial charge is 0.264 e. The lowest BCUT2D eigenvalue weighted by Gasteiger charge is -2.32. The molecule has 3 aromatic carbocycles. The highest BCUT2D eigenvalue weighted by Gasteiger charge is 2.32. The predicted molar refractivity (Wildman–Crippen MR) is 148 cm³/mol. The number of nitrogens with zero attached hydrogens (tertiary/aromatic N) is 2. The van der Waals surface area contributed by atoms with E-state index < -0.39 is 34.4 Å². The molecule has 0 heterocycles. The van der Waals surface area contributed by atoms with E-state index in [1.165, 1.54) is 36.2 Å². The minimum absolute atomic E-state index is 0.00569. The molecular formula is C26H26Cl3N3O4S. The number of carbonyl (C=O) groups is 2. The van der Waals surface area contributed by atoms with Crippen molar-refractivity contribution >= 4 is 62.3 Å². The SMILES string of the molecule is CNC(=O)C(C)N(Cc1ccc(Cl)cc1Cl)C(=O)CN(c1ccc(C)c(Cl)c1)S(=O)(=O)c1ccccc1. The Balaban J connectivity index is 2.06. The van der Waals surface area contributed by atoms with Crippen LogP contribution in [0.5, 0.6) is 0 Å². The molecule has 2 amide bonds. The van der Waals surface area contributed by atoms with E-state index in [9.17, 15) is 18.0 Å². The molecule has 0 radical (unpaired) electrons. The summed E-state index contributed by atoms with van der Waals surface area (Å²) in [5, 5.41) is 3.61. The Bertz CT molecular complexity index is 1400. The van der Waals surface area contributed by atoms with E-state index in [-0.39, 0.29) is 17.1 Å². The Hall–Kier alpha value is -2.78. The first-order chi connectivity index (χ1) is 17.4. The van der Waals surface area contributed by atoms with Crippen LogP contribution in [0.2, 0.25) is 15.1 Å². The van der Waals surface area contributed by atoms with Crippen LogP contribution in [0.3, 0.4) is 0 Å². The normalized spacial score (nSPS) is 12.1. The van der Waals surface area contributed by atoms with E-state index in [0.717, 1.165) is 9.87 Å². The molecule has 0 aliphatic rings. The number of amides is 2. The summed E-state index contributed by atoms with van der Waals surface area (Å²) in [6, 6.07) is 16.4. The van der Waals surface area contributed by atoms with Gasteiger partial charge in [0.05, 0.1) is 10.6 Å². The molecule has 1 N–H and O–H groups in total. The number of sulfonamides is 1. The number of hydrogen-bond acceptors (Lipinski definition) is 4. The Labute approximate surface area is 232 Å². The maximum absolute atomic E-state index is 13.7. The van der Waals surface area contributed by atoms with Crippen LogP contribution in [-0.4, -0.2) is 44.8 Å². The Kier molecular flexibility index (Phi) is 9.47. The number of nitrogens with one attached hydrogen (secondary N) is 1. The number of aryl methyl sites for hydroxylation is 1. The van der Waals surface area contributed by atoms with E-state index in [1.807, 2.05) is 0 Å². The summed E-state index contributed by atoms with van der Waals surface area (Å²) in [6.07, 6.45) is 0. The van der Waals surface area contributed by atoms with Crippen molar-refractivity contribution in [2.24, 2.45) is 0 Å². The number of benzene rings is 3. The second-order valence-corrected chi connectivity index (χ2v) is 11.4. The van der Waals surface area contributed by atoms with E-state index in [4.69, 9.17) is 34.8 Å². The predicted octanol–water partition coefficient (Wildman–Crippen LogP) is 5.31. The minimum Gasteiger partial charge on any atom is -0.357 e. The summed E-state index contributed by atoms with van der Waals surface area (Å²) in [4.78, 5) is 27.6. The third kappa shape index (κ3) is 6.76. The van der Waals surface area contributed by atoms with Crippen LogP contribution < -0.4 is 9.62 Å². The quantitative estimate of drug-likeness (QED) is 0.370. The number of carbonyl (C=O) groups excluding carboxylic acids is 2. The van der Waals surface area contributed by atoms with Crippen LogP contribution in [0.1, 0.15) is 18.1 Å². The van der Waals surface area contributed by atoms with Crippen LogP contribution in [0.25, 0.3) is 0 Å². The Morgan fingerprint density at radius 1 is 0.946 bits per heavy atom. The number of likely N-dealkylation sites (N-methyl/N-ethyl adjacent to an activating group) is 1. The van der Waals surface area contributed by atoms with Crippen molar-refractivity contribution in [2.75, 3.05) is 17.9 Å². The number of anilines is 1. The van der Waals surface area contributed by atoms with Gasteiger partial charge >= 0.3 is 0 Å². The molecule has 0 saturated carbocycles. The van der Waals surface area contributed by atoms with Gasteiger partial charge in [-0.25, -0.2) is 8.42 Å². The van der Waals surface area contributed by atoms with Crippen molar-refractivity contribution in [1.29, 1.82) is 0 Å². The van der Waals surface area contributed by atoms with Crippen LogP contribution in [-0.2, 0) is 26.2 Å².